The maximum absolute atomic E-state index is 12.2. The van der Waals surface area contributed by atoms with Gasteiger partial charge in [0.2, 0.25) is 5.89 Å². The number of urea groups is 1. The van der Waals surface area contributed by atoms with Gasteiger partial charge >= 0.3 is 6.03 Å². The van der Waals surface area contributed by atoms with Gasteiger partial charge in [0.25, 0.3) is 0 Å². The van der Waals surface area contributed by atoms with E-state index in [1.54, 1.807) is 30.5 Å². The molecule has 144 valence electrons. The quantitative estimate of drug-likeness (QED) is 0.402. The Morgan fingerprint density at radius 2 is 1.59 bits per heavy atom. The number of nitrogens with one attached hydrogen (secondary N) is 2. The summed E-state index contributed by atoms with van der Waals surface area (Å²) < 4.78 is 5.60. The Bertz CT molecular complexity index is 1140. The second-order valence-corrected chi connectivity index (χ2v) is 6.93. The Hall–Kier alpha value is -3.57. The number of amides is 2. The van der Waals surface area contributed by atoms with Crippen LogP contribution in [0.15, 0.2) is 83.5 Å². The fourth-order valence-corrected chi connectivity index (χ4v) is 2.99. The number of rotatable bonds is 4. The summed E-state index contributed by atoms with van der Waals surface area (Å²) in [7, 11) is 0. The van der Waals surface area contributed by atoms with E-state index >= 15 is 0 Å². The van der Waals surface area contributed by atoms with E-state index in [1.807, 2.05) is 55.5 Å². The predicted molar refractivity (Wildman–Crippen MR) is 116 cm³/mol. The molecule has 4 rings (SSSR count). The van der Waals surface area contributed by atoms with Crippen LogP contribution in [-0.2, 0) is 0 Å². The third-order valence-electron chi connectivity index (χ3n) is 4.39. The minimum Gasteiger partial charge on any atom is -0.444 e. The van der Waals surface area contributed by atoms with Crippen molar-refractivity contribution in [1.29, 1.82) is 0 Å². The lowest BCUT2D eigenvalue weighted by molar-refractivity contribution is 0.262. The van der Waals surface area contributed by atoms with Gasteiger partial charge in [-0.25, -0.2) is 9.78 Å². The molecule has 2 amide bonds. The highest BCUT2D eigenvalue weighted by Crippen LogP contribution is 2.25. The normalized spacial score (nSPS) is 10.6. The van der Waals surface area contributed by atoms with Crippen LogP contribution in [0.5, 0.6) is 0 Å². The number of aromatic nitrogens is 1. The number of benzene rings is 3. The van der Waals surface area contributed by atoms with Crippen LogP contribution in [0.25, 0.3) is 22.7 Å². The molecule has 0 saturated heterocycles. The second kappa shape index (κ2) is 8.20. The summed E-state index contributed by atoms with van der Waals surface area (Å²) in [6.07, 6.45) is 1.64. The fraction of sp³-hybridized carbons (Fsp3) is 0.0435. The Morgan fingerprint density at radius 3 is 2.31 bits per heavy atom. The summed E-state index contributed by atoms with van der Waals surface area (Å²) in [6.45, 7) is 1.91. The fourth-order valence-electron chi connectivity index (χ4n) is 2.81. The third kappa shape index (κ3) is 4.47. The summed E-state index contributed by atoms with van der Waals surface area (Å²) >= 11 is 6.09. The van der Waals surface area contributed by atoms with Crippen LogP contribution in [0.3, 0.4) is 0 Å². The van der Waals surface area contributed by atoms with Crippen molar-refractivity contribution in [2.45, 2.75) is 6.92 Å². The Morgan fingerprint density at radius 1 is 0.897 bits per heavy atom. The molecule has 29 heavy (non-hydrogen) atoms. The molecule has 0 atom stereocenters. The monoisotopic (exact) mass is 403 g/mol. The molecule has 4 aromatic rings. The maximum atomic E-state index is 12.2. The molecule has 0 aliphatic rings. The van der Waals surface area contributed by atoms with E-state index in [9.17, 15) is 4.79 Å². The van der Waals surface area contributed by atoms with E-state index in [1.165, 1.54) is 0 Å². The molecule has 0 aliphatic heterocycles. The lowest BCUT2D eigenvalue weighted by Gasteiger charge is -2.09. The molecular weight excluding hydrogens is 386 g/mol. The smallest absolute Gasteiger partial charge is 0.323 e. The largest absolute Gasteiger partial charge is 0.444 e. The number of hydrogen-bond acceptors (Lipinski definition) is 3. The highest BCUT2D eigenvalue weighted by molar-refractivity contribution is 6.31. The summed E-state index contributed by atoms with van der Waals surface area (Å²) in [5, 5.41) is 6.16. The Balaban J connectivity index is 1.42. The lowest BCUT2D eigenvalue weighted by Crippen LogP contribution is -2.19. The van der Waals surface area contributed by atoms with Gasteiger partial charge in [-0.15, -0.1) is 0 Å². The minimum atomic E-state index is -0.347. The molecular formula is C23H18ClN3O2. The number of nitrogens with zero attached hydrogens (tertiary/aromatic N) is 1. The number of aryl methyl sites for hydroxylation is 1. The first-order valence-corrected chi connectivity index (χ1v) is 9.42. The van der Waals surface area contributed by atoms with Gasteiger partial charge < -0.3 is 15.1 Å². The SMILES string of the molecule is Cc1ccc(NC(=O)Nc2ccc(-c3nc(-c4ccccc4)co3)cc2)cc1Cl. The molecule has 1 heterocycles. The van der Waals surface area contributed by atoms with Crippen molar-refractivity contribution in [2.75, 3.05) is 10.6 Å². The van der Waals surface area contributed by atoms with E-state index in [0.717, 1.165) is 22.4 Å². The number of carbonyl (C=O) groups is 1. The molecule has 3 aromatic carbocycles. The number of anilines is 2. The number of halogens is 1. The Kier molecular flexibility index (Phi) is 5.31. The summed E-state index contributed by atoms with van der Waals surface area (Å²) in [4.78, 5) is 16.7. The van der Waals surface area contributed by atoms with Crippen molar-refractivity contribution in [3.8, 4) is 22.7 Å². The van der Waals surface area contributed by atoms with Crippen molar-refractivity contribution in [2.24, 2.45) is 0 Å². The molecule has 1 aromatic heterocycles. The molecule has 0 fully saturated rings. The lowest BCUT2D eigenvalue weighted by atomic mass is 10.2. The molecule has 0 saturated carbocycles. The van der Waals surface area contributed by atoms with Gasteiger partial charge in [0, 0.05) is 27.5 Å². The van der Waals surface area contributed by atoms with Gasteiger partial charge in [-0.3, -0.25) is 0 Å². The van der Waals surface area contributed by atoms with Gasteiger partial charge in [0.1, 0.15) is 12.0 Å². The zero-order chi connectivity index (χ0) is 20.2. The van der Waals surface area contributed by atoms with Crippen molar-refractivity contribution in [3.05, 3.63) is 89.6 Å². The second-order valence-electron chi connectivity index (χ2n) is 6.52. The van der Waals surface area contributed by atoms with Gasteiger partial charge in [-0.05, 0) is 48.9 Å². The van der Waals surface area contributed by atoms with Gasteiger partial charge in [-0.1, -0.05) is 48.0 Å². The number of hydrogen-bond donors (Lipinski definition) is 2. The number of oxazole rings is 1. The van der Waals surface area contributed by atoms with Crippen molar-refractivity contribution < 1.29 is 9.21 Å². The molecule has 0 aliphatic carbocycles. The molecule has 6 heteroatoms. The molecule has 5 nitrogen and oxygen atoms in total. The van der Waals surface area contributed by atoms with E-state index in [2.05, 4.69) is 15.6 Å². The first-order chi connectivity index (χ1) is 14.1. The van der Waals surface area contributed by atoms with Crippen LogP contribution in [0, 0.1) is 6.92 Å². The van der Waals surface area contributed by atoms with Gasteiger partial charge in [-0.2, -0.15) is 0 Å². The highest BCUT2D eigenvalue weighted by Gasteiger charge is 2.09. The first-order valence-electron chi connectivity index (χ1n) is 9.04. The van der Waals surface area contributed by atoms with Gasteiger partial charge in [0.15, 0.2) is 0 Å². The molecule has 0 unspecified atom stereocenters. The molecule has 0 bridgehead atoms. The van der Waals surface area contributed by atoms with Crippen molar-refractivity contribution >= 4 is 29.0 Å². The zero-order valence-electron chi connectivity index (χ0n) is 15.6. The van der Waals surface area contributed by atoms with Crippen molar-refractivity contribution in [3.63, 3.8) is 0 Å². The topological polar surface area (TPSA) is 67.2 Å². The number of carbonyl (C=O) groups excluding carboxylic acids is 1. The first kappa shape index (κ1) is 18.8. The van der Waals surface area contributed by atoms with E-state index in [-0.39, 0.29) is 6.03 Å². The van der Waals surface area contributed by atoms with Crippen LogP contribution < -0.4 is 10.6 Å². The highest BCUT2D eigenvalue weighted by atomic mass is 35.5. The third-order valence-corrected chi connectivity index (χ3v) is 4.80. The van der Waals surface area contributed by atoms with E-state index < -0.39 is 0 Å². The summed E-state index contributed by atoms with van der Waals surface area (Å²) in [5.41, 5.74) is 4.83. The van der Waals surface area contributed by atoms with Crippen LogP contribution in [0.2, 0.25) is 5.02 Å². The summed E-state index contributed by atoms with van der Waals surface area (Å²) in [6, 6.07) is 22.1. The zero-order valence-corrected chi connectivity index (χ0v) is 16.4. The van der Waals surface area contributed by atoms with Crippen molar-refractivity contribution in [1.82, 2.24) is 4.98 Å². The molecule has 2 N–H and O–H groups in total. The standard InChI is InChI=1S/C23H18ClN3O2/c1-15-7-10-19(13-20(15)24)26-23(28)25-18-11-8-17(9-12-18)22-27-21(14-29-22)16-5-3-2-4-6-16/h2-14H,1H3,(H2,25,26,28). The minimum absolute atomic E-state index is 0.347. The Labute approximate surface area is 173 Å². The predicted octanol–water partition coefficient (Wildman–Crippen LogP) is 6.61. The average molecular weight is 404 g/mol. The van der Waals surface area contributed by atoms with E-state index in [0.29, 0.717) is 22.3 Å². The molecule has 0 spiro atoms. The summed E-state index contributed by atoms with van der Waals surface area (Å²) in [5.74, 6) is 0.522. The molecule has 0 radical (unpaired) electrons. The van der Waals surface area contributed by atoms with Crippen LogP contribution in [0.1, 0.15) is 5.56 Å². The van der Waals surface area contributed by atoms with Crippen LogP contribution in [-0.4, -0.2) is 11.0 Å². The maximum Gasteiger partial charge on any atom is 0.323 e. The average Bonchev–Trinajstić information content (AvgIpc) is 3.22. The van der Waals surface area contributed by atoms with E-state index in [4.69, 9.17) is 16.0 Å². The van der Waals surface area contributed by atoms with Crippen LogP contribution in [0.4, 0.5) is 16.2 Å². The van der Waals surface area contributed by atoms with Gasteiger partial charge in [0.05, 0.1) is 0 Å². The van der Waals surface area contributed by atoms with Crippen LogP contribution >= 0.6 is 11.6 Å².